The Hall–Kier alpha value is -2.74. The maximum absolute atomic E-state index is 12.8. The molecule has 2 aromatic rings. The van der Waals surface area contributed by atoms with Crippen LogP contribution < -0.4 is 10.1 Å². The van der Waals surface area contributed by atoms with E-state index >= 15 is 0 Å². The maximum Gasteiger partial charge on any atom is 0.418 e. The maximum atomic E-state index is 12.8. The van der Waals surface area contributed by atoms with Crippen LogP contribution in [0.1, 0.15) is 5.56 Å². The summed E-state index contributed by atoms with van der Waals surface area (Å²) in [4.78, 5) is 23.2. The lowest BCUT2D eigenvalue weighted by Crippen LogP contribution is -2.24. The van der Waals surface area contributed by atoms with Gasteiger partial charge in [0.2, 0.25) is 0 Å². The summed E-state index contributed by atoms with van der Waals surface area (Å²) in [5, 5.41) is 2.56. The topological polar surface area (TPSA) is 64.6 Å². The van der Waals surface area contributed by atoms with Gasteiger partial charge >= 0.3 is 12.1 Å². The minimum absolute atomic E-state index is 0.370. The van der Waals surface area contributed by atoms with Gasteiger partial charge in [-0.3, -0.25) is 4.79 Å². The Labute approximate surface area is 151 Å². The van der Waals surface area contributed by atoms with Crippen LogP contribution in [0, 0.1) is 0 Å². The molecule has 0 aromatic heterocycles. The van der Waals surface area contributed by atoms with Crippen LogP contribution in [0.3, 0.4) is 0 Å². The van der Waals surface area contributed by atoms with Crippen LogP contribution in [0.5, 0.6) is 5.75 Å². The van der Waals surface area contributed by atoms with E-state index in [1.807, 2.05) is 0 Å². The van der Waals surface area contributed by atoms with Crippen LogP contribution in [-0.4, -0.2) is 25.1 Å². The SMILES string of the molecule is O=C(COC(=O)COc1ccc(Cl)cc1)Nc1ccccc1C(F)(F)F. The summed E-state index contributed by atoms with van der Waals surface area (Å²) < 4.78 is 48.3. The molecule has 5 nitrogen and oxygen atoms in total. The summed E-state index contributed by atoms with van der Waals surface area (Å²) in [6, 6.07) is 10.7. The summed E-state index contributed by atoms with van der Waals surface area (Å²) in [6.07, 6.45) is -4.62. The van der Waals surface area contributed by atoms with Gasteiger partial charge in [0.1, 0.15) is 5.75 Å². The Kier molecular flexibility index (Phi) is 6.46. The van der Waals surface area contributed by atoms with Crippen LogP contribution in [0.15, 0.2) is 48.5 Å². The highest BCUT2D eigenvalue weighted by molar-refractivity contribution is 6.30. The second-order valence-electron chi connectivity index (χ2n) is 4.99. The number of para-hydroxylation sites is 1. The number of amides is 1. The van der Waals surface area contributed by atoms with Crippen molar-refractivity contribution in [1.82, 2.24) is 0 Å². The molecule has 2 rings (SSSR count). The third-order valence-electron chi connectivity index (χ3n) is 3.04. The lowest BCUT2D eigenvalue weighted by Gasteiger charge is -2.13. The molecule has 138 valence electrons. The summed E-state index contributed by atoms with van der Waals surface area (Å²) >= 11 is 5.70. The van der Waals surface area contributed by atoms with E-state index in [9.17, 15) is 22.8 Å². The standard InChI is InChI=1S/C17H13ClF3NO4/c18-11-5-7-12(8-6-11)25-10-16(24)26-9-15(23)22-14-4-2-1-3-13(14)17(19,20)21/h1-8H,9-10H2,(H,22,23). The van der Waals surface area contributed by atoms with Gasteiger partial charge in [-0.2, -0.15) is 13.2 Å². The average Bonchev–Trinajstić information content (AvgIpc) is 2.59. The molecule has 0 unspecified atom stereocenters. The molecule has 0 aliphatic rings. The Morgan fingerprint density at radius 2 is 1.65 bits per heavy atom. The zero-order valence-electron chi connectivity index (χ0n) is 13.2. The molecule has 0 radical (unpaired) electrons. The van der Waals surface area contributed by atoms with E-state index < -0.39 is 42.5 Å². The molecule has 26 heavy (non-hydrogen) atoms. The first kappa shape index (κ1) is 19.6. The number of ether oxygens (including phenoxy) is 2. The smallest absolute Gasteiger partial charge is 0.418 e. The molecule has 1 amide bonds. The highest BCUT2D eigenvalue weighted by atomic mass is 35.5. The molecule has 0 spiro atoms. The number of esters is 1. The van der Waals surface area contributed by atoms with Gasteiger partial charge in [-0.05, 0) is 36.4 Å². The first-order chi connectivity index (χ1) is 12.3. The average molecular weight is 388 g/mol. The summed E-state index contributed by atoms with van der Waals surface area (Å²) in [5.74, 6) is -1.38. The van der Waals surface area contributed by atoms with Crippen LogP contribution in [0.2, 0.25) is 5.02 Å². The molecule has 0 aliphatic heterocycles. The number of halogens is 4. The zero-order chi connectivity index (χ0) is 19.2. The van der Waals surface area contributed by atoms with E-state index in [2.05, 4.69) is 10.1 Å². The minimum atomic E-state index is -4.62. The summed E-state index contributed by atoms with van der Waals surface area (Å²) in [7, 11) is 0. The summed E-state index contributed by atoms with van der Waals surface area (Å²) in [6.45, 7) is -1.21. The lowest BCUT2D eigenvalue weighted by atomic mass is 10.1. The summed E-state index contributed by atoms with van der Waals surface area (Å²) in [5.41, 5.74) is -1.41. The van der Waals surface area contributed by atoms with Gasteiger partial charge in [-0.1, -0.05) is 23.7 Å². The Morgan fingerprint density at radius 1 is 1.00 bits per heavy atom. The van der Waals surface area contributed by atoms with Crippen molar-refractivity contribution in [1.29, 1.82) is 0 Å². The van der Waals surface area contributed by atoms with Gasteiger partial charge in [-0.25, -0.2) is 4.79 Å². The molecule has 0 heterocycles. The van der Waals surface area contributed by atoms with Crippen LogP contribution in [0.4, 0.5) is 18.9 Å². The highest BCUT2D eigenvalue weighted by Crippen LogP contribution is 2.34. The van der Waals surface area contributed by atoms with Gasteiger partial charge < -0.3 is 14.8 Å². The normalized spacial score (nSPS) is 10.9. The fourth-order valence-corrected chi connectivity index (χ4v) is 2.01. The van der Waals surface area contributed by atoms with Crippen molar-refractivity contribution in [3.63, 3.8) is 0 Å². The predicted molar refractivity (Wildman–Crippen MR) is 88.0 cm³/mol. The van der Waals surface area contributed by atoms with Gasteiger partial charge in [0.25, 0.3) is 5.91 Å². The first-order valence-electron chi connectivity index (χ1n) is 7.26. The molecule has 1 N–H and O–H groups in total. The second-order valence-corrected chi connectivity index (χ2v) is 5.43. The molecular weight excluding hydrogens is 375 g/mol. The molecule has 2 aromatic carbocycles. The van der Waals surface area contributed by atoms with Crippen molar-refractivity contribution in [2.24, 2.45) is 0 Å². The number of carbonyl (C=O) groups excluding carboxylic acids is 2. The number of rotatable bonds is 6. The van der Waals surface area contributed by atoms with E-state index in [-0.39, 0.29) is 0 Å². The predicted octanol–water partition coefficient (Wildman–Crippen LogP) is 3.92. The van der Waals surface area contributed by atoms with E-state index in [1.54, 1.807) is 12.1 Å². The molecule has 0 saturated heterocycles. The number of anilines is 1. The molecule has 0 atom stereocenters. The molecule has 0 fully saturated rings. The number of hydrogen-bond acceptors (Lipinski definition) is 4. The van der Waals surface area contributed by atoms with E-state index in [4.69, 9.17) is 16.3 Å². The number of carbonyl (C=O) groups is 2. The number of alkyl halides is 3. The highest BCUT2D eigenvalue weighted by Gasteiger charge is 2.33. The van der Waals surface area contributed by atoms with Crippen LogP contribution in [0.25, 0.3) is 0 Å². The third kappa shape index (κ3) is 5.96. The third-order valence-corrected chi connectivity index (χ3v) is 3.29. The molecule has 0 bridgehead atoms. The number of nitrogens with one attached hydrogen (secondary N) is 1. The minimum Gasteiger partial charge on any atom is -0.482 e. The van der Waals surface area contributed by atoms with Crippen molar-refractivity contribution in [2.45, 2.75) is 6.18 Å². The first-order valence-corrected chi connectivity index (χ1v) is 7.63. The van der Waals surface area contributed by atoms with Crippen molar-refractivity contribution in [2.75, 3.05) is 18.5 Å². The van der Waals surface area contributed by atoms with Gasteiger partial charge in [0.15, 0.2) is 13.2 Å². The number of benzene rings is 2. The van der Waals surface area contributed by atoms with Gasteiger partial charge in [0, 0.05) is 5.02 Å². The molecule has 9 heteroatoms. The van der Waals surface area contributed by atoms with Crippen molar-refractivity contribution in [3.8, 4) is 5.75 Å². The molecular formula is C17H13ClF3NO4. The fraction of sp³-hybridized carbons (Fsp3) is 0.176. The van der Waals surface area contributed by atoms with Crippen molar-refractivity contribution in [3.05, 3.63) is 59.1 Å². The van der Waals surface area contributed by atoms with E-state index in [0.717, 1.165) is 12.1 Å². The molecule has 0 saturated carbocycles. The van der Waals surface area contributed by atoms with E-state index in [1.165, 1.54) is 24.3 Å². The van der Waals surface area contributed by atoms with Crippen molar-refractivity contribution >= 4 is 29.2 Å². The Morgan fingerprint density at radius 3 is 2.31 bits per heavy atom. The Bertz CT molecular complexity index is 778. The second kappa shape index (κ2) is 8.57. The van der Waals surface area contributed by atoms with Crippen LogP contribution in [-0.2, 0) is 20.5 Å². The van der Waals surface area contributed by atoms with Crippen molar-refractivity contribution < 1.29 is 32.2 Å². The lowest BCUT2D eigenvalue weighted by molar-refractivity contribution is -0.149. The fourth-order valence-electron chi connectivity index (χ4n) is 1.89. The zero-order valence-corrected chi connectivity index (χ0v) is 13.9. The quantitative estimate of drug-likeness (QED) is 0.763. The van der Waals surface area contributed by atoms with E-state index in [0.29, 0.717) is 10.8 Å². The largest absolute Gasteiger partial charge is 0.482 e. The molecule has 0 aliphatic carbocycles. The van der Waals surface area contributed by atoms with Gasteiger partial charge in [0.05, 0.1) is 11.3 Å². The van der Waals surface area contributed by atoms with Crippen LogP contribution >= 0.6 is 11.6 Å². The monoisotopic (exact) mass is 387 g/mol. The number of hydrogen-bond donors (Lipinski definition) is 1. The van der Waals surface area contributed by atoms with Gasteiger partial charge in [-0.15, -0.1) is 0 Å². The Balaban J connectivity index is 1.82.